The average molecular weight is 576 g/mol. The Morgan fingerprint density at radius 3 is 2.32 bits per heavy atom. The fraction of sp³-hybridized carbons (Fsp3) is 0.917. The highest BCUT2D eigenvalue weighted by Crippen LogP contribution is 2.67. The smallest absolute Gasteiger partial charge is 0.108 e. The number of nitrogens with zero attached hydrogens (tertiary/aromatic N) is 1. The molecule has 41 heavy (non-hydrogen) atoms. The Kier molecular flexibility index (Phi) is 11.6. The number of allylic oxidation sites excluding steroid dienone is 1. The zero-order valence-electron chi connectivity index (χ0n) is 28.1. The van der Waals surface area contributed by atoms with Crippen LogP contribution in [0, 0.1) is 52.3 Å². The van der Waals surface area contributed by atoms with E-state index in [2.05, 4.69) is 47.6 Å². The van der Waals surface area contributed by atoms with E-state index in [0.29, 0.717) is 21.9 Å². The zero-order valence-corrected chi connectivity index (χ0v) is 28.1. The number of carboxylic acids is 1. The van der Waals surface area contributed by atoms with Crippen molar-refractivity contribution in [3.63, 3.8) is 0 Å². The van der Waals surface area contributed by atoms with Gasteiger partial charge in [-0.25, -0.2) is 0 Å². The van der Waals surface area contributed by atoms with Gasteiger partial charge in [-0.15, -0.1) is 0 Å². The molecule has 4 rings (SSSR count). The average Bonchev–Trinajstić information content (AvgIpc) is 3.20. The summed E-state index contributed by atoms with van der Waals surface area (Å²) in [4.78, 5) is 10.0. The lowest BCUT2D eigenvalue weighted by Gasteiger charge is -2.58. The minimum Gasteiger partial charge on any atom is -0.550 e. The molecule has 0 bridgehead atoms. The second-order valence-corrected chi connectivity index (χ2v) is 16.6. The van der Waals surface area contributed by atoms with Gasteiger partial charge >= 0.3 is 0 Å². The number of carbonyl (C=O) groups excluding carboxylic acids is 1. The van der Waals surface area contributed by atoms with Crippen LogP contribution in [0.15, 0.2) is 11.6 Å². The Bertz CT molecular complexity index is 893. The molecular weight excluding hydrogens is 510 g/mol. The minimum absolute atomic E-state index is 0.0794. The van der Waals surface area contributed by atoms with Crippen LogP contribution in [0.4, 0.5) is 0 Å². The van der Waals surface area contributed by atoms with E-state index in [-0.39, 0.29) is 12.5 Å². The maximum absolute atomic E-state index is 10.2. The summed E-state index contributed by atoms with van der Waals surface area (Å²) in [5.41, 5.74) is 2.59. The van der Waals surface area contributed by atoms with Crippen LogP contribution in [0.25, 0.3) is 0 Å². The van der Waals surface area contributed by atoms with Gasteiger partial charge < -0.3 is 24.6 Å². The predicted molar refractivity (Wildman–Crippen MR) is 167 cm³/mol. The zero-order chi connectivity index (χ0) is 30.8. The molecule has 0 aromatic heterocycles. The Balaban J connectivity index is 0.000000358. The molecule has 0 radical (unpaired) electrons. The number of aliphatic hydroxyl groups is 2. The first-order chi connectivity index (χ1) is 19.0. The molecule has 238 valence electrons. The number of likely N-dealkylation sites (N-methyl/N-ethyl adjacent to an activating group) is 1. The summed E-state index contributed by atoms with van der Waals surface area (Å²) in [6.07, 6.45) is 16.0. The fourth-order valence-electron chi connectivity index (χ4n) is 10.2. The molecule has 4 aliphatic carbocycles. The van der Waals surface area contributed by atoms with Crippen molar-refractivity contribution in [3.05, 3.63) is 11.6 Å². The fourth-order valence-corrected chi connectivity index (χ4v) is 10.2. The maximum atomic E-state index is 10.2. The summed E-state index contributed by atoms with van der Waals surface area (Å²) in [6.45, 7) is 15.5. The molecule has 0 amide bonds. The highest BCUT2D eigenvalue weighted by Gasteiger charge is 2.59. The molecule has 3 fully saturated rings. The van der Waals surface area contributed by atoms with Gasteiger partial charge in [0.05, 0.1) is 27.2 Å². The number of hydrogen-bond donors (Lipinski definition) is 2. The molecule has 5 nitrogen and oxygen atoms in total. The van der Waals surface area contributed by atoms with Crippen LogP contribution >= 0.6 is 0 Å². The number of hydrogen-bond acceptors (Lipinski definition) is 4. The largest absolute Gasteiger partial charge is 0.550 e. The van der Waals surface area contributed by atoms with Crippen molar-refractivity contribution in [3.8, 4) is 0 Å². The van der Waals surface area contributed by atoms with Gasteiger partial charge in [-0.05, 0) is 110 Å². The third-order valence-electron chi connectivity index (χ3n) is 12.5. The van der Waals surface area contributed by atoms with E-state index >= 15 is 0 Å². The number of aliphatic hydroxyl groups excluding tert-OH is 2. The third kappa shape index (κ3) is 8.18. The van der Waals surface area contributed by atoms with Crippen molar-refractivity contribution in [2.45, 2.75) is 131 Å². The summed E-state index contributed by atoms with van der Waals surface area (Å²) in [5, 5.41) is 29.4. The van der Waals surface area contributed by atoms with E-state index in [0.717, 1.165) is 54.3 Å². The van der Waals surface area contributed by atoms with E-state index in [1.54, 1.807) is 5.57 Å². The van der Waals surface area contributed by atoms with Gasteiger partial charge in [0.25, 0.3) is 0 Å². The molecule has 10 atom stereocenters. The molecule has 4 aliphatic rings. The van der Waals surface area contributed by atoms with E-state index < -0.39 is 12.1 Å². The first-order valence-corrected chi connectivity index (χ1v) is 17.1. The molecule has 0 spiro atoms. The molecule has 5 heteroatoms. The van der Waals surface area contributed by atoms with Crippen LogP contribution in [0.1, 0.15) is 119 Å². The topological polar surface area (TPSA) is 80.6 Å². The number of carbonyl (C=O) groups is 1. The number of rotatable bonds is 10. The second-order valence-electron chi connectivity index (χ2n) is 16.6. The third-order valence-corrected chi connectivity index (χ3v) is 12.5. The summed E-state index contributed by atoms with van der Waals surface area (Å²) in [6, 6.07) is 0. The molecule has 0 saturated heterocycles. The Labute approximate surface area is 252 Å². The standard InChI is InChI=1S/C29H50O.C7H15NO3/c1-7-21(19(2)3)9-8-20(4)25-12-13-26-24-11-10-22-18-23(30)14-16-28(22,5)27(24)15-17-29(25,26)6;1-8(2,3)5-6(9)4-7(10)11/h10,19-21,23-27,30H,7-9,11-18H2,1-6H3;6,9H,4-5H2,1-3H3/t20-,21+,23+,24+,25-,26+,27+,28+,29-;6-/m11/s1. The van der Waals surface area contributed by atoms with Crippen molar-refractivity contribution in [1.29, 1.82) is 0 Å². The van der Waals surface area contributed by atoms with Gasteiger partial charge in [-0.3, -0.25) is 0 Å². The van der Waals surface area contributed by atoms with Gasteiger partial charge in [0.2, 0.25) is 0 Å². The van der Waals surface area contributed by atoms with Crippen molar-refractivity contribution >= 4 is 5.97 Å². The van der Waals surface area contributed by atoms with Crippen LogP contribution < -0.4 is 5.11 Å². The molecule has 0 aromatic carbocycles. The maximum Gasteiger partial charge on any atom is 0.108 e. The first kappa shape index (κ1) is 34.6. The molecular formula is C36H65NO4. The van der Waals surface area contributed by atoms with Crippen LogP contribution in [0.5, 0.6) is 0 Å². The van der Waals surface area contributed by atoms with Gasteiger partial charge in [-0.2, -0.15) is 0 Å². The highest BCUT2D eigenvalue weighted by atomic mass is 16.4. The Morgan fingerprint density at radius 1 is 1.05 bits per heavy atom. The lowest BCUT2D eigenvalue weighted by molar-refractivity contribution is -0.873. The molecule has 0 heterocycles. The lowest BCUT2D eigenvalue weighted by atomic mass is 9.47. The van der Waals surface area contributed by atoms with Gasteiger partial charge in [0, 0.05) is 12.4 Å². The molecule has 3 saturated carbocycles. The van der Waals surface area contributed by atoms with Crippen LogP contribution in [-0.2, 0) is 4.79 Å². The van der Waals surface area contributed by atoms with Gasteiger partial charge in [0.1, 0.15) is 12.6 Å². The monoisotopic (exact) mass is 575 g/mol. The van der Waals surface area contributed by atoms with E-state index in [4.69, 9.17) is 5.11 Å². The Morgan fingerprint density at radius 2 is 1.73 bits per heavy atom. The number of quaternary nitrogens is 1. The highest BCUT2D eigenvalue weighted by molar-refractivity contribution is 5.64. The lowest BCUT2D eigenvalue weighted by Crippen LogP contribution is -2.50. The molecule has 0 aromatic rings. The van der Waals surface area contributed by atoms with E-state index in [1.807, 2.05) is 21.1 Å². The molecule has 0 aliphatic heterocycles. The minimum atomic E-state index is -1.20. The van der Waals surface area contributed by atoms with Crippen molar-refractivity contribution in [1.82, 2.24) is 0 Å². The summed E-state index contributed by atoms with van der Waals surface area (Å²) in [7, 11) is 5.66. The molecule has 2 N–H and O–H groups in total. The van der Waals surface area contributed by atoms with Crippen molar-refractivity contribution in [2.75, 3.05) is 27.7 Å². The number of fused-ring (bicyclic) bond motifs is 5. The van der Waals surface area contributed by atoms with Crippen LogP contribution in [-0.4, -0.2) is 60.6 Å². The predicted octanol–water partition coefficient (Wildman–Crippen LogP) is 6.22. The summed E-state index contributed by atoms with van der Waals surface area (Å²) >= 11 is 0. The van der Waals surface area contributed by atoms with Crippen LogP contribution in [0.3, 0.4) is 0 Å². The van der Waals surface area contributed by atoms with E-state index in [1.165, 1.54) is 57.8 Å². The summed E-state index contributed by atoms with van der Waals surface area (Å²) < 4.78 is 0.550. The molecule has 0 unspecified atom stereocenters. The normalized spacial score (nSPS) is 37.1. The van der Waals surface area contributed by atoms with E-state index in [9.17, 15) is 15.0 Å². The van der Waals surface area contributed by atoms with Crippen LogP contribution in [0.2, 0.25) is 0 Å². The van der Waals surface area contributed by atoms with Gasteiger partial charge in [-0.1, -0.05) is 66.0 Å². The van der Waals surface area contributed by atoms with Gasteiger partial charge in [0.15, 0.2) is 0 Å². The van der Waals surface area contributed by atoms with Crippen molar-refractivity contribution in [2.24, 2.45) is 52.3 Å². The summed E-state index contributed by atoms with van der Waals surface area (Å²) in [5.74, 6) is 5.10. The first-order valence-electron chi connectivity index (χ1n) is 17.1. The Hall–Kier alpha value is -0.910. The number of carboxylic acid groups (broad SMARTS) is 1. The SMILES string of the molecule is CC[C@@H](CC[C@@H](C)[C@H]1CC[C@H]2[C@@H]3CC=C4C[C@@H](O)CC[C@]4(C)[C@H]3CC[C@]12C)C(C)C.C[N+](C)(C)C[C@H](O)CC(=O)[O-]. The van der Waals surface area contributed by atoms with Crippen molar-refractivity contribution < 1.29 is 24.6 Å². The second kappa shape index (κ2) is 13.8. The quantitative estimate of drug-likeness (QED) is 0.239. The number of aliphatic carboxylic acids is 1.